The molecule has 1 atom stereocenters. The number of aryl methyl sites for hydroxylation is 1. The molecule has 1 aromatic heterocycles. The lowest BCUT2D eigenvalue weighted by molar-refractivity contribution is 0.238. The molecule has 0 radical (unpaired) electrons. The highest BCUT2D eigenvalue weighted by Gasteiger charge is 2.07. The highest BCUT2D eigenvalue weighted by atomic mass is 32.1. The first-order valence-corrected chi connectivity index (χ1v) is 4.64. The Kier molecular flexibility index (Phi) is 3.27. The minimum absolute atomic E-state index is 0.696. The standard InChI is InChI=1S/C9H11NOS/c1-3-5-8(11)9-10-6-7(4-2)12-9/h6,8,11H,4H2,1-2H3. The van der Waals surface area contributed by atoms with Gasteiger partial charge in [-0.15, -0.1) is 17.3 Å². The third-order valence-corrected chi connectivity index (χ3v) is 2.63. The van der Waals surface area contributed by atoms with Crippen LogP contribution in [-0.2, 0) is 6.42 Å². The molecule has 1 N–H and O–H groups in total. The van der Waals surface area contributed by atoms with Gasteiger partial charge in [0.2, 0.25) is 0 Å². The van der Waals surface area contributed by atoms with Crippen molar-refractivity contribution in [3.63, 3.8) is 0 Å². The van der Waals surface area contributed by atoms with Gasteiger partial charge in [-0.05, 0) is 13.3 Å². The van der Waals surface area contributed by atoms with Crippen LogP contribution in [-0.4, -0.2) is 10.1 Å². The smallest absolute Gasteiger partial charge is 0.166 e. The Bertz CT molecular complexity index is 308. The minimum atomic E-state index is -0.708. The molecule has 2 nitrogen and oxygen atoms in total. The summed E-state index contributed by atoms with van der Waals surface area (Å²) >= 11 is 1.52. The number of rotatable bonds is 2. The second-order valence-corrected chi connectivity index (χ2v) is 3.46. The molecule has 12 heavy (non-hydrogen) atoms. The number of hydrogen-bond acceptors (Lipinski definition) is 3. The maximum Gasteiger partial charge on any atom is 0.166 e. The van der Waals surface area contributed by atoms with Crippen LogP contribution in [0.25, 0.3) is 0 Å². The molecule has 64 valence electrons. The van der Waals surface area contributed by atoms with E-state index in [0.29, 0.717) is 5.01 Å². The number of aromatic nitrogens is 1. The molecule has 0 amide bonds. The normalized spacial score (nSPS) is 11.9. The van der Waals surface area contributed by atoms with Gasteiger partial charge < -0.3 is 5.11 Å². The maximum atomic E-state index is 9.40. The van der Waals surface area contributed by atoms with Crippen molar-refractivity contribution in [1.82, 2.24) is 4.98 Å². The molecule has 0 aliphatic carbocycles. The summed E-state index contributed by atoms with van der Waals surface area (Å²) in [6.45, 7) is 3.77. The van der Waals surface area contributed by atoms with Crippen LogP contribution in [0.4, 0.5) is 0 Å². The average Bonchev–Trinajstić information content (AvgIpc) is 2.52. The van der Waals surface area contributed by atoms with Crippen LogP contribution >= 0.6 is 11.3 Å². The largest absolute Gasteiger partial charge is 0.374 e. The van der Waals surface area contributed by atoms with Crippen molar-refractivity contribution in [2.24, 2.45) is 0 Å². The van der Waals surface area contributed by atoms with E-state index < -0.39 is 6.10 Å². The van der Waals surface area contributed by atoms with Crippen LogP contribution in [0.2, 0.25) is 0 Å². The highest BCUT2D eigenvalue weighted by molar-refractivity contribution is 7.11. The van der Waals surface area contributed by atoms with Gasteiger partial charge in [0.15, 0.2) is 6.10 Å². The topological polar surface area (TPSA) is 33.1 Å². The fourth-order valence-corrected chi connectivity index (χ4v) is 1.61. The lowest BCUT2D eigenvalue weighted by Crippen LogP contribution is -1.90. The molecule has 1 rings (SSSR count). The van der Waals surface area contributed by atoms with E-state index in [4.69, 9.17) is 0 Å². The van der Waals surface area contributed by atoms with Crippen molar-refractivity contribution in [3.8, 4) is 11.8 Å². The van der Waals surface area contributed by atoms with Crippen LogP contribution < -0.4 is 0 Å². The Morgan fingerprint density at radius 2 is 2.50 bits per heavy atom. The molecule has 0 saturated heterocycles. The zero-order valence-corrected chi connectivity index (χ0v) is 7.98. The van der Waals surface area contributed by atoms with E-state index in [-0.39, 0.29) is 0 Å². The number of nitrogens with zero attached hydrogens (tertiary/aromatic N) is 1. The van der Waals surface area contributed by atoms with Gasteiger partial charge in [0.05, 0.1) is 0 Å². The first kappa shape index (κ1) is 9.24. The molecule has 0 saturated carbocycles. The molecule has 0 bridgehead atoms. The Hall–Kier alpha value is -0.850. The molecule has 1 heterocycles. The summed E-state index contributed by atoms with van der Waals surface area (Å²) in [7, 11) is 0. The van der Waals surface area contributed by atoms with Crippen LogP contribution in [0, 0.1) is 11.8 Å². The maximum absolute atomic E-state index is 9.40. The summed E-state index contributed by atoms with van der Waals surface area (Å²) in [4.78, 5) is 5.25. The number of aliphatic hydroxyl groups is 1. The van der Waals surface area contributed by atoms with E-state index in [2.05, 4.69) is 23.7 Å². The van der Waals surface area contributed by atoms with E-state index in [0.717, 1.165) is 6.42 Å². The molecule has 0 aliphatic heterocycles. The Balaban J connectivity index is 2.79. The minimum Gasteiger partial charge on any atom is -0.374 e. The quantitative estimate of drug-likeness (QED) is 0.705. The van der Waals surface area contributed by atoms with Gasteiger partial charge in [-0.25, -0.2) is 4.98 Å². The Morgan fingerprint density at radius 1 is 1.75 bits per heavy atom. The van der Waals surface area contributed by atoms with Crippen LogP contribution in [0.3, 0.4) is 0 Å². The molecule has 1 unspecified atom stereocenters. The molecular weight excluding hydrogens is 170 g/mol. The second-order valence-electron chi connectivity index (χ2n) is 2.32. The van der Waals surface area contributed by atoms with Gasteiger partial charge >= 0.3 is 0 Å². The lowest BCUT2D eigenvalue weighted by Gasteiger charge is -1.94. The van der Waals surface area contributed by atoms with Gasteiger partial charge in [-0.1, -0.05) is 12.8 Å². The summed E-state index contributed by atoms with van der Waals surface area (Å²) in [6.07, 6.45) is 2.05. The van der Waals surface area contributed by atoms with Crippen LogP contribution in [0.15, 0.2) is 6.20 Å². The first-order valence-electron chi connectivity index (χ1n) is 3.82. The molecule has 0 fully saturated rings. The first-order chi connectivity index (χ1) is 5.77. The Labute approximate surface area is 76.3 Å². The van der Waals surface area contributed by atoms with Crippen molar-refractivity contribution >= 4 is 11.3 Å². The second kappa shape index (κ2) is 4.24. The lowest BCUT2D eigenvalue weighted by atomic mass is 10.4. The summed E-state index contributed by atoms with van der Waals surface area (Å²) in [6, 6.07) is 0. The van der Waals surface area contributed by atoms with Crippen molar-refractivity contribution in [2.75, 3.05) is 0 Å². The summed E-state index contributed by atoms with van der Waals surface area (Å²) in [5.74, 6) is 5.31. The number of hydrogen-bond donors (Lipinski definition) is 1. The van der Waals surface area contributed by atoms with E-state index in [1.54, 1.807) is 13.1 Å². The van der Waals surface area contributed by atoms with Gasteiger partial charge in [0.1, 0.15) is 5.01 Å². The van der Waals surface area contributed by atoms with Crippen molar-refractivity contribution in [2.45, 2.75) is 26.4 Å². The Morgan fingerprint density at radius 3 is 3.00 bits per heavy atom. The predicted octanol–water partition coefficient (Wildman–Crippen LogP) is 1.76. The number of aliphatic hydroxyl groups excluding tert-OH is 1. The molecule has 0 spiro atoms. The van der Waals surface area contributed by atoms with Crippen LogP contribution in [0.1, 0.15) is 29.8 Å². The van der Waals surface area contributed by atoms with Crippen molar-refractivity contribution in [3.05, 3.63) is 16.1 Å². The zero-order valence-electron chi connectivity index (χ0n) is 7.16. The molecule has 0 aliphatic rings. The molecular formula is C9H11NOS. The van der Waals surface area contributed by atoms with E-state index >= 15 is 0 Å². The predicted molar refractivity (Wildman–Crippen MR) is 49.9 cm³/mol. The SMILES string of the molecule is CC#CC(O)c1ncc(CC)s1. The fraction of sp³-hybridized carbons (Fsp3) is 0.444. The molecule has 0 aromatic carbocycles. The fourth-order valence-electron chi connectivity index (χ4n) is 0.811. The van der Waals surface area contributed by atoms with E-state index in [1.165, 1.54) is 16.2 Å². The summed E-state index contributed by atoms with van der Waals surface area (Å²) < 4.78 is 0. The van der Waals surface area contributed by atoms with Crippen LogP contribution in [0.5, 0.6) is 0 Å². The third kappa shape index (κ3) is 2.07. The summed E-state index contributed by atoms with van der Waals surface area (Å²) in [5, 5.41) is 10.1. The number of thiazole rings is 1. The van der Waals surface area contributed by atoms with E-state index in [9.17, 15) is 5.11 Å². The van der Waals surface area contributed by atoms with Gasteiger partial charge in [0, 0.05) is 11.1 Å². The molecule has 1 aromatic rings. The summed E-state index contributed by atoms with van der Waals surface area (Å²) in [5.41, 5.74) is 0. The van der Waals surface area contributed by atoms with Gasteiger partial charge in [0.25, 0.3) is 0 Å². The zero-order chi connectivity index (χ0) is 8.97. The van der Waals surface area contributed by atoms with E-state index in [1.807, 2.05) is 0 Å². The average molecular weight is 181 g/mol. The molecule has 3 heteroatoms. The van der Waals surface area contributed by atoms with Crippen molar-refractivity contribution in [1.29, 1.82) is 0 Å². The van der Waals surface area contributed by atoms with Crippen molar-refractivity contribution < 1.29 is 5.11 Å². The highest BCUT2D eigenvalue weighted by Crippen LogP contribution is 2.19. The third-order valence-electron chi connectivity index (χ3n) is 1.43. The van der Waals surface area contributed by atoms with Gasteiger partial charge in [-0.3, -0.25) is 0 Å². The monoisotopic (exact) mass is 181 g/mol. The van der Waals surface area contributed by atoms with Gasteiger partial charge in [-0.2, -0.15) is 0 Å².